The quantitative estimate of drug-likeness (QED) is 0.407. The van der Waals surface area contributed by atoms with Gasteiger partial charge in [0.15, 0.2) is 5.11 Å². The van der Waals surface area contributed by atoms with Crippen molar-refractivity contribution in [3.05, 3.63) is 46.2 Å². The first-order chi connectivity index (χ1) is 11.6. The van der Waals surface area contributed by atoms with Gasteiger partial charge in [-0.1, -0.05) is 29.8 Å². The van der Waals surface area contributed by atoms with Crippen molar-refractivity contribution in [3.8, 4) is 11.1 Å². The summed E-state index contributed by atoms with van der Waals surface area (Å²) in [5.41, 5.74) is 8.57. The largest absolute Gasteiger partial charge is 0.361 e. The molecule has 3 N–H and O–H groups in total. The number of carbonyl (C=O) groups is 1. The molecule has 1 heterocycles. The molecule has 1 aromatic carbocycles. The minimum absolute atomic E-state index is 0.186. The second kappa shape index (κ2) is 9.66. The molecule has 0 aliphatic rings. The summed E-state index contributed by atoms with van der Waals surface area (Å²) >= 11 is 8.36. The van der Waals surface area contributed by atoms with Crippen LogP contribution in [0.25, 0.3) is 11.1 Å². The summed E-state index contributed by atoms with van der Waals surface area (Å²) in [4.78, 5) is 13.1. The van der Waals surface area contributed by atoms with Crippen molar-refractivity contribution in [3.63, 3.8) is 0 Å². The second-order valence-corrected chi connectivity index (χ2v) is 7.52. The maximum Gasteiger partial charge on any atom is 0.280 e. The number of amides is 1. The first kappa shape index (κ1) is 18.8. The topological polar surface area (TPSA) is 53.2 Å². The zero-order valence-corrected chi connectivity index (χ0v) is 16.2. The van der Waals surface area contributed by atoms with E-state index in [-0.39, 0.29) is 5.91 Å². The summed E-state index contributed by atoms with van der Waals surface area (Å²) < 4.78 is 0. The average Bonchev–Trinajstić information content (AvgIpc) is 3.07. The first-order valence-electron chi connectivity index (χ1n) is 7.59. The zero-order chi connectivity index (χ0) is 17.4. The molecule has 0 radical (unpaired) electrons. The predicted molar refractivity (Wildman–Crippen MR) is 109 cm³/mol. The molecule has 0 aliphatic heterocycles. The van der Waals surface area contributed by atoms with Gasteiger partial charge >= 0.3 is 0 Å². The molecule has 0 fully saturated rings. The first-order valence-corrected chi connectivity index (χ1v) is 10.3. The highest BCUT2D eigenvalue weighted by atomic mass is 32.2. The van der Waals surface area contributed by atoms with Crippen molar-refractivity contribution in [1.82, 2.24) is 16.2 Å². The Morgan fingerprint density at radius 1 is 1.21 bits per heavy atom. The molecule has 128 valence electrons. The van der Waals surface area contributed by atoms with Gasteiger partial charge in [-0.3, -0.25) is 15.6 Å². The monoisotopic (exact) mass is 379 g/mol. The van der Waals surface area contributed by atoms with Gasteiger partial charge in [-0.25, -0.2) is 0 Å². The van der Waals surface area contributed by atoms with E-state index in [1.807, 2.05) is 42.6 Å². The number of aryl methyl sites for hydroxylation is 1. The molecule has 24 heavy (non-hydrogen) atoms. The standard InChI is InChI=1S/C17H21N3OS3/c1-12-4-6-13(7-5-12)14-8-11-24-15(14)16(21)19-20-17(22)18-9-3-10-23-2/h4-8,11H,3,9-10H2,1-2H3,(H,19,21)(H2,18,20,22). The van der Waals surface area contributed by atoms with Crippen LogP contribution in [0.2, 0.25) is 0 Å². The van der Waals surface area contributed by atoms with E-state index in [1.54, 1.807) is 11.8 Å². The Balaban J connectivity index is 1.90. The molecule has 0 saturated carbocycles. The van der Waals surface area contributed by atoms with Crippen LogP contribution in [0.3, 0.4) is 0 Å². The van der Waals surface area contributed by atoms with Crippen LogP contribution in [-0.2, 0) is 0 Å². The highest BCUT2D eigenvalue weighted by Gasteiger charge is 2.14. The summed E-state index contributed by atoms with van der Waals surface area (Å²) in [5.74, 6) is 0.894. The molecule has 1 aromatic heterocycles. The van der Waals surface area contributed by atoms with Crippen LogP contribution in [0.5, 0.6) is 0 Å². The normalized spacial score (nSPS) is 10.2. The summed E-state index contributed by atoms with van der Waals surface area (Å²) in [5, 5.41) is 5.41. The lowest BCUT2D eigenvalue weighted by Crippen LogP contribution is -2.46. The maximum atomic E-state index is 12.4. The number of thioether (sulfide) groups is 1. The number of rotatable bonds is 6. The van der Waals surface area contributed by atoms with Gasteiger partial charge in [-0.2, -0.15) is 11.8 Å². The molecule has 0 bridgehead atoms. The molecule has 1 amide bonds. The van der Waals surface area contributed by atoms with E-state index in [4.69, 9.17) is 12.2 Å². The summed E-state index contributed by atoms with van der Waals surface area (Å²) in [6.07, 6.45) is 3.10. The third-order valence-corrected chi connectivity index (χ3v) is 5.19. The van der Waals surface area contributed by atoms with Crippen LogP contribution >= 0.6 is 35.3 Å². The Morgan fingerprint density at radius 3 is 2.67 bits per heavy atom. The molecule has 4 nitrogen and oxygen atoms in total. The number of carbonyl (C=O) groups excluding carboxylic acids is 1. The molecular weight excluding hydrogens is 358 g/mol. The number of hydrogen-bond acceptors (Lipinski definition) is 4. The van der Waals surface area contributed by atoms with E-state index in [9.17, 15) is 4.79 Å². The molecule has 0 aliphatic carbocycles. The van der Waals surface area contributed by atoms with E-state index >= 15 is 0 Å². The van der Waals surface area contributed by atoms with E-state index in [0.29, 0.717) is 9.99 Å². The third-order valence-electron chi connectivity index (χ3n) is 3.33. The van der Waals surface area contributed by atoms with E-state index < -0.39 is 0 Å². The Kier molecular flexibility index (Phi) is 7.55. The maximum absolute atomic E-state index is 12.4. The van der Waals surface area contributed by atoms with Crippen LogP contribution < -0.4 is 16.2 Å². The molecule has 0 spiro atoms. The van der Waals surface area contributed by atoms with E-state index in [1.165, 1.54) is 16.9 Å². The number of benzene rings is 1. The van der Waals surface area contributed by atoms with Crippen LogP contribution in [-0.4, -0.2) is 29.6 Å². The second-order valence-electron chi connectivity index (χ2n) is 5.21. The highest BCUT2D eigenvalue weighted by Crippen LogP contribution is 2.28. The van der Waals surface area contributed by atoms with Gasteiger partial charge in [-0.05, 0) is 54.6 Å². The Hall–Kier alpha value is -1.57. The average molecular weight is 380 g/mol. The van der Waals surface area contributed by atoms with Gasteiger partial charge in [0.2, 0.25) is 0 Å². The van der Waals surface area contributed by atoms with Crippen molar-refractivity contribution in [2.75, 3.05) is 18.6 Å². The van der Waals surface area contributed by atoms with Gasteiger partial charge in [0, 0.05) is 12.1 Å². The third kappa shape index (κ3) is 5.51. The van der Waals surface area contributed by atoms with Crippen molar-refractivity contribution < 1.29 is 4.79 Å². The number of hydrogen-bond donors (Lipinski definition) is 3. The Labute approximate surface area is 156 Å². The van der Waals surface area contributed by atoms with Gasteiger partial charge in [0.05, 0.1) is 0 Å². The molecule has 0 saturated heterocycles. The smallest absolute Gasteiger partial charge is 0.280 e. The zero-order valence-electron chi connectivity index (χ0n) is 13.7. The lowest BCUT2D eigenvalue weighted by Gasteiger charge is -2.11. The number of hydrazine groups is 1. The SMILES string of the molecule is CSCCCNC(=S)NNC(=O)c1sccc1-c1ccc(C)cc1. The summed E-state index contributed by atoms with van der Waals surface area (Å²) in [6, 6.07) is 10.1. The van der Waals surface area contributed by atoms with Crippen LogP contribution in [0.15, 0.2) is 35.7 Å². The van der Waals surface area contributed by atoms with Crippen molar-refractivity contribution >= 4 is 46.3 Å². The van der Waals surface area contributed by atoms with Gasteiger partial charge < -0.3 is 5.32 Å². The number of thiocarbonyl (C=S) groups is 1. The Morgan fingerprint density at radius 2 is 1.96 bits per heavy atom. The molecular formula is C17H21N3OS3. The van der Waals surface area contributed by atoms with Crippen LogP contribution in [0, 0.1) is 6.92 Å². The van der Waals surface area contributed by atoms with Crippen LogP contribution in [0.4, 0.5) is 0 Å². The fourth-order valence-electron chi connectivity index (χ4n) is 2.08. The fraction of sp³-hybridized carbons (Fsp3) is 0.294. The molecule has 0 unspecified atom stereocenters. The molecule has 2 aromatic rings. The summed E-state index contributed by atoms with van der Waals surface area (Å²) in [7, 11) is 0. The van der Waals surface area contributed by atoms with Gasteiger partial charge in [-0.15, -0.1) is 11.3 Å². The fourth-order valence-corrected chi connectivity index (χ4v) is 3.48. The number of thiophene rings is 1. The predicted octanol–water partition coefficient (Wildman–Crippen LogP) is 3.59. The summed E-state index contributed by atoms with van der Waals surface area (Å²) in [6.45, 7) is 2.83. The molecule has 7 heteroatoms. The van der Waals surface area contributed by atoms with Crippen LogP contribution in [0.1, 0.15) is 21.7 Å². The highest BCUT2D eigenvalue weighted by molar-refractivity contribution is 7.98. The molecule has 0 atom stereocenters. The van der Waals surface area contributed by atoms with Crippen molar-refractivity contribution in [2.24, 2.45) is 0 Å². The van der Waals surface area contributed by atoms with Crippen molar-refractivity contribution in [2.45, 2.75) is 13.3 Å². The minimum Gasteiger partial charge on any atom is -0.361 e. The Bertz CT molecular complexity index is 683. The van der Waals surface area contributed by atoms with E-state index in [2.05, 4.69) is 22.4 Å². The minimum atomic E-state index is -0.186. The lowest BCUT2D eigenvalue weighted by atomic mass is 10.1. The number of nitrogens with one attached hydrogen (secondary N) is 3. The van der Waals surface area contributed by atoms with Crippen molar-refractivity contribution in [1.29, 1.82) is 0 Å². The van der Waals surface area contributed by atoms with Gasteiger partial charge in [0.1, 0.15) is 4.88 Å². The van der Waals surface area contributed by atoms with Gasteiger partial charge in [0.25, 0.3) is 5.91 Å². The van der Waals surface area contributed by atoms with E-state index in [0.717, 1.165) is 29.8 Å². The molecule has 2 rings (SSSR count). The lowest BCUT2D eigenvalue weighted by molar-refractivity contribution is 0.0948.